The lowest BCUT2D eigenvalue weighted by Crippen LogP contribution is -2.40. The predicted octanol–water partition coefficient (Wildman–Crippen LogP) is 2.54. The SMILES string of the molecule is C=C1/C(=N\C=C(/C)F)OCC(F)NC(=O)c2cnn3ccc(nc23)N2CC[C@H]3C[C@]132. The summed E-state index contributed by atoms with van der Waals surface area (Å²) >= 11 is 0. The average Bonchev–Trinajstić information content (AvgIpc) is 3.10. The second kappa shape index (κ2) is 6.61. The van der Waals surface area contributed by atoms with Crippen LogP contribution >= 0.6 is 0 Å². The molecular weight excluding hydrogens is 394 g/mol. The first kappa shape index (κ1) is 18.7. The number of aromatic nitrogens is 3. The highest BCUT2D eigenvalue weighted by molar-refractivity contribution is 6.00. The number of nitrogens with one attached hydrogen (secondary N) is 1. The molecule has 1 aliphatic carbocycles. The molecule has 2 fully saturated rings. The normalized spacial score (nSPS) is 30.3. The van der Waals surface area contributed by atoms with E-state index in [1.165, 1.54) is 17.6 Å². The number of rotatable bonds is 1. The van der Waals surface area contributed by atoms with Crippen LogP contribution in [0.25, 0.3) is 5.65 Å². The maximum atomic E-state index is 14.5. The number of piperidine rings is 1. The third-order valence-corrected chi connectivity index (χ3v) is 5.93. The predicted molar refractivity (Wildman–Crippen MR) is 106 cm³/mol. The maximum absolute atomic E-state index is 14.5. The lowest BCUT2D eigenvalue weighted by atomic mass is 10.0. The van der Waals surface area contributed by atoms with Crippen molar-refractivity contribution in [2.75, 3.05) is 18.1 Å². The standard InChI is InChI=1S/C20H20F2N6O2/c1-11(21)8-23-19-12(2)20-7-13(20)3-5-27(20)16-4-6-28-17(26-16)14(9-24-28)18(29)25-15(22)10-30-19/h4,6,8-9,13,15H,2-3,5,7,10H2,1H3,(H,25,29)/b11-8+,23-19+/t13-,15?,20-/m0/s1. The Morgan fingerprint density at radius 3 is 3.13 bits per heavy atom. The van der Waals surface area contributed by atoms with Crippen molar-refractivity contribution in [3.8, 4) is 0 Å². The summed E-state index contributed by atoms with van der Waals surface area (Å²) in [6.07, 6.45) is 4.03. The number of hydrogen-bond acceptors (Lipinski definition) is 6. The van der Waals surface area contributed by atoms with E-state index in [-0.39, 0.29) is 11.5 Å². The van der Waals surface area contributed by atoms with E-state index in [1.54, 1.807) is 6.20 Å². The number of nitrogens with zero attached hydrogens (tertiary/aromatic N) is 5. The van der Waals surface area contributed by atoms with Crippen molar-refractivity contribution in [3.63, 3.8) is 0 Å². The number of alkyl halides is 1. The number of anilines is 1. The third-order valence-electron chi connectivity index (χ3n) is 5.93. The summed E-state index contributed by atoms with van der Waals surface area (Å²) in [5.74, 6) is -0.128. The number of amides is 1. The molecule has 2 bridgehead atoms. The van der Waals surface area contributed by atoms with Crippen LogP contribution in [0.1, 0.15) is 30.1 Å². The van der Waals surface area contributed by atoms with E-state index in [0.29, 0.717) is 23.0 Å². The molecule has 1 unspecified atom stereocenters. The van der Waals surface area contributed by atoms with Gasteiger partial charge in [0, 0.05) is 18.3 Å². The Balaban J connectivity index is 1.64. The highest BCUT2D eigenvalue weighted by Gasteiger charge is 2.65. The molecule has 1 spiro atoms. The van der Waals surface area contributed by atoms with Gasteiger partial charge in [0.15, 0.2) is 5.65 Å². The molecule has 0 radical (unpaired) electrons. The zero-order chi connectivity index (χ0) is 21.0. The molecule has 3 aliphatic rings. The fourth-order valence-electron chi connectivity index (χ4n) is 4.44. The van der Waals surface area contributed by atoms with Crippen LogP contribution in [-0.4, -0.2) is 51.4 Å². The monoisotopic (exact) mass is 414 g/mol. The van der Waals surface area contributed by atoms with E-state index >= 15 is 0 Å². The van der Waals surface area contributed by atoms with Gasteiger partial charge in [0.2, 0.25) is 12.2 Å². The summed E-state index contributed by atoms with van der Waals surface area (Å²) in [6, 6.07) is 1.82. The van der Waals surface area contributed by atoms with Gasteiger partial charge in [0.05, 0.1) is 17.9 Å². The van der Waals surface area contributed by atoms with Crippen LogP contribution in [-0.2, 0) is 4.74 Å². The van der Waals surface area contributed by atoms with Gasteiger partial charge in [0.25, 0.3) is 5.91 Å². The number of carbonyl (C=O) groups is 1. The summed E-state index contributed by atoms with van der Waals surface area (Å²) < 4.78 is 34.8. The number of ether oxygens (including phenoxy) is 1. The first-order valence-electron chi connectivity index (χ1n) is 9.70. The summed E-state index contributed by atoms with van der Waals surface area (Å²) in [7, 11) is 0. The molecule has 8 nitrogen and oxygen atoms in total. The van der Waals surface area contributed by atoms with Gasteiger partial charge in [0.1, 0.15) is 23.8 Å². The van der Waals surface area contributed by atoms with Crippen molar-refractivity contribution in [1.82, 2.24) is 19.9 Å². The minimum atomic E-state index is -1.81. The first-order chi connectivity index (χ1) is 14.4. The fourth-order valence-corrected chi connectivity index (χ4v) is 4.44. The van der Waals surface area contributed by atoms with Gasteiger partial charge >= 0.3 is 0 Å². The smallest absolute Gasteiger partial charge is 0.259 e. The molecule has 1 amide bonds. The van der Waals surface area contributed by atoms with Crippen LogP contribution in [0.4, 0.5) is 14.6 Å². The Bertz CT molecular complexity index is 1120. The van der Waals surface area contributed by atoms with Crippen LogP contribution in [0, 0.1) is 5.92 Å². The van der Waals surface area contributed by atoms with Crippen molar-refractivity contribution in [1.29, 1.82) is 0 Å². The molecule has 1 saturated carbocycles. The van der Waals surface area contributed by atoms with Crippen molar-refractivity contribution in [2.24, 2.45) is 10.9 Å². The van der Waals surface area contributed by atoms with Gasteiger partial charge in [-0.2, -0.15) is 5.10 Å². The summed E-state index contributed by atoms with van der Waals surface area (Å²) in [5, 5.41) is 6.36. The van der Waals surface area contributed by atoms with Crippen LogP contribution < -0.4 is 10.2 Å². The van der Waals surface area contributed by atoms with Crippen molar-refractivity contribution < 1.29 is 18.3 Å². The Morgan fingerprint density at radius 1 is 1.53 bits per heavy atom. The van der Waals surface area contributed by atoms with Crippen LogP contribution in [0.2, 0.25) is 0 Å². The van der Waals surface area contributed by atoms with Gasteiger partial charge in [-0.3, -0.25) is 4.79 Å². The number of fused-ring (bicyclic) bond motifs is 2. The molecule has 4 heterocycles. The molecule has 3 atom stereocenters. The third kappa shape index (κ3) is 2.78. The number of allylic oxidation sites excluding steroid dienone is 1. The summed E-state index contributed by atoms with van der Waals surface area (Å²) in [6.45, 7) is 5.69. The molecule has 1 saturated heterocycles. The quantitative estimate of drug-likeness (QED) is 0.725. The Hall–Kier alpha value is -3.30. The van der Waals surface area contributed by atoms with Crippen molar-refractivity contribution in [3.05, 3.63) is 48.2 Å². The van der Waals surface area contributed by atoms with Gasteiger partial charge in [-0.25, -0.2) is 23.3 Å². The lowest BCUT2D eigenvalue weighted by molar-refractivity contribution is 0.0839. The van der Waals surface area contributed by atoms with Crippen LogP contribution in [0.15, 0.2) is 47.6 Å². The van der Waals surface area contributed by atoms with E-state index in [0.717, 1.165) is 25.6 Å². The van der Waals surface area contributed by atoms with Crippen LogP contribution in [0.3, 0.4) is 0 Å². The zero-order valence-electron chi connectivity index (χ0n) is 16.3. The van der Waals surface area contributed by atoms with E-state index in [9.17, 15) is 13.6 Å². The average molecular weight is 414 g/mol. The number of aliphatic imine (C=N–C) groups is 1. The molecular formula is C20H20F2N6O2. The highest BCUT2D eigenvalue weighted by atomic mass is 19.1. The van der Waals surface area contributed by atoms with Gasteiger partial charge in [-0.05, 0) is 31.7 Å². The molecule has 156 valence electrons. The first-order valence-corrected chi connectivity index (χ1v) is 9.70. The highest BCUT2D eigenvalue weighted by Crippen LogP contribution is 2.60. The van der Waals surface area contributed by atoms with E-state index < -0.39 is 30.2 Å². The molecule has 5 rings (SSSR count). The summed E-state index contributed by atoms with van der Waals surface area (Å²) in [5.41, 5.74) is 0.588. The molecule has 2 aromatic rings. The minimum Gasteiger partial charge on any atom is -0.472 e. The topological polar surface area (TPSA) is 84.1 Å². The molecule has 0 aromatic carbocycles. The fraction of sp³-hybridized carbons (Fsp3) is 0.400. The zero-order valence-corrected chi connectivity index (χ0v) is 16.3. The second-order valence-corrected chi connectivity index (χ2v) is 7.76. The maximum Gasteiger partial charge on any atom is 0.259 e. The lowest BCUT2D eigenvalue weighted by Gasteiger charge is -2.31. The van der Waals surface area contributed by atoms with E-state index in [1.807, 2.05) is 6.07 Å². The Labute approximate surface area is 170 Å². The van der Waals surface area contributed by atoms with Crippen molar-refractivity contribution in [2.45, 2.75) is 31.6 Å². The van der Waals surface area contributed by atoms with E-state index in [2.05, 4.69) is 31.9 Å². The van der Waals surface area contributed by atoms with Crippen molar-refractivity contribution >= 4 is 23.3 Å². The van der Waals surface area contributed by atoms with Crippen LogP contribution in [0.5, 0.6) is 0 Å². The Kier molecular flexibility index (Phi) is 4.12. The molecule has 2 aromatic heterocycles. The van der Waals surface area contributed by atoms with Gasteiger partial charge in [-0.15, -0.1) is 0 Å². The Morgan fingerprint density at radius 2 is 2.37 bits per heavy atom. The van der Waals surface area contributed by atoms with Gasteiger partial charge < -0.3 is 15.0 Å². The van der Waals surface area contributed by atoms with Gasteiger partial charge in [-0.1, -0.05) is 6.58 Å². The molecule has 1 N–H and O–H groups in total. The molecule has 30 heavy (non-hydrogen) atoms. The minimum absolute atomic E-state index is 0.0571. The summed E-state index contributed by atoms with van der Waals surface area (Å²) in [4.78, 5) is 23.4. The molecule has 2 aliphatic heterocycles. The number of hydrogen-bond donors (Lipinski definition) is 1. The molecule has 10 heteroatoms. The largest absolute Gasteiger partial charge is 0.472 e. The number of carbonyl (C=O) groups excluding carboxylic acids is 1. The number of halogens is 2. The second-order valence-electron chi connectivity index (χ2n) is 7.76. The van der Waals surface area contributed by atoms with E-state index in [4.69, 9.17) is 4.74 Å².